The molecule has 0 unspecified atom stereocenters. The molecule has 0 aliphatic heterocycles. The molecule has 2 amide bonds. The molecule has 5 nitrogen and oxygen atoms in total. The van der Waals surface area contributed by atoms with Crippen LogP contribution in [0.25, 0.3) is 0 Å². The summed E-state index contributed by atoms with van der Waals surface area (Å²) >= 11 is 1.31. The van der Waals surface area contributed by atoms with E-state index in [1.54, 1.807) is 36.0 Å². The van der Waals surface area contributed by atoms with Crippen molar-refractivity contribution in [1.82, 2.24) is 10.3 Å². The highest BCUT2D eigenvalue weighted by Gasteiger charge is 2.18. The van der Waals surface area contributed by atoms with Gasteiger partial charge in [0.25, 0.3) is 11.8 Å². The average molecular weight is 442 g/mol. The van der Waals surface area contributed by atoms with E-state index in [0.717, 1.165) is 6.42 Å². The molecule has 6 heteroatoms. The number of nitrogens with zero attached hydrogens (tertiary/aromatic N) is 1. The van der Waals surface area contributed by atoms with Gasteiger partial charge in [-0.15, -0.1) is 11.3 Å². The van der Waals surface area contributed by atoms with E-state index in [4.69, 9.17) is 0 Å². The lowest BCUT2D eigenvalue weighted by Crippen LogP contribution is -2.26. The van der Waals surface area contributed by atoms with E-state index in [1.165, 1.54) is 22.5 Å². The van der Waals surface area contributed by atoms with Crippen LogP contribution in [0.2, 0.25) is 0 Å². The molecule has 4 aromatic rings. The molecule has 2 heterocycles. The van der Waals surface area contributed by atoms with Crippen LogP contribution in [-0.2, 0) is 0 Å². The highest BCUT2D eigenvalue weighted by Crippen LogP contribution is 2.28. The molecular formula is C26H23N3O2S. The molecule has 0 aliphatic rings. The van der Waals surface area contributed by atoms with Crippen molar-refractivity contribution < 1.29 is 9.59 Å². The molecular weight excluding hydrogens is 418 g/mol. The summed E-state index contributed by atoms with van der Waals surface area (Å²) in [4.78, 5) is 29.7. The fourth-order valence-electron chi connectivity index (χ4n) is 3.59. The molecule has 2 aromatic heterocycles. The van der Waals surface area contributed by atoms with Crippen LogP contribution in [0.3, 0.4) is 0 Å². The molecule has 0 bridgehead atoms. The molecule has 32 heavy (non-hydrogen) atoms. The summed E-state index contributed by atoms with van der Waals surface area (Å²) < 4.78 is 0. The maximum absolute atomic E-state index is 12.8. The van der Waals surface area contributed by atoms with Crippen LogP contribution in [0.4, 0.5) is 5.69 Å². The number of hydrogen-bond acceptors (Lipinski definition) is 4. The maximum atomic E-state index is 12.8. The molecule has 0 radical (unpaired) electrons. The second-order valence-corrected chi connectivity index (χ2v) is 8.19. The third-order valence-corrected chi connectivity index (χ3v) is 6.10. The first kappa shape index (κ1) is 21.5. The number of carbonyl (C=O) groups is 2. The summed E-state index contributed by atoms with van der Waals surface area (Å²) in [6.07, 6.45) is 3.89. The zero-order valence-corrected chi connectivity index (χ0v) is 18.2. The Morgan fingerprint density at radius 1 is 0.812 bits per heavy atom. The van der Waals surface area contributed by atoms with Gasteiger partial charge in [-0.25, -0.2) is 0 Å². The van der Waals surface area contributed by atoms with Crippen molar-refractivity contribution in [3.8, 4) is 0 Å². The summed E-state index contributed by atoms with van der Waals surface area (Å²) in [5.41, 5.74) is 3.44. The highest BCUT2D eigenvalue weighted by molar-refractivity contribution is 7.12. The number of amides is 2. The SMILES string of the molecule is O=C(Nc1ccsc1C(=O)NCCC(c1ccccc1)c1ccccc1)c1ccncc1. The molecule has 160 valence electrons. The van der Waals surface area contributed by atoms with Gasteiger partial charge in [-0.05, 0) is 41.1 Å². The van der Waals surface area contributed by atoms with Crippen molar-refractivity contribution in [2.45, 2.75) is 12.3 Å². The fraction of sp³-hybridized carbons (Fsp3) is 0.115. The lowest BCUT2D eigenvalue weighted by molar-refractivity contribution is 0.0957. The first-order valence-corrected chi connectivity index (χ1v) is 11.3. The number of pyridine rings is 1. The van der Waals surface area contributed by atoms with Gasteiger partial charge in [-0.2, -0.15) is 0 Å². The van der Waals surface area contributed by atoms with Gasteiger partial charge in [0, 0.05) is 30.4 Å². The minimum absolute atomic E-state index is 0.187. The van der Waals surface area contributed by atoms with Gasteiger partial charge >= 0.3 is 0 Å². The number of hydrogen-bond donors (Lipinski definition) is 2. The summed E-state index contributed by atoms with van der Waals surface area (Å²) in [7, 11) is 0. The zero-order chi connectivity index (χ0) is 22.2. The van der Waals surface area contributed by atoms with Gasteiger partial charge in [0.1, 0.15) is 4.88 Å². The van der Waals surface area contributed by atoms with E-state index in [9.17, 15) is 9.59 Å². The van der Waals surface area contributed by atoms with E-state index in [0.29, 0.717) is 22.7 Å². The number of anilines is 1. The first-order chi connectivity index (χ1) is 15.7. The van der Waals surface area contributed by atoms with Gasteiger partial charge in [0.05, 0.1) is 5.69 Å². The smallest absolute Gasteiger partial charge is 0.263 e. The van der Waals surface area contributed by atoms with Crippen LogP contribution < -0.4 is 10.6 Å². The number of benzene rings is 2. The number of rotatable bonds is 8. The monoisotopic (exact) mass is 441 g/mol. The van der Waals surface area contributed by atoms with E-state index in [1.807, 2.05) is 36.4 Å². The Hall–Kier alpha value is -3.77. The van der Waals surface area contributed by atoms with Gasteiger partial charge in [-0.3, -0.25) is 14.6 Å². The second-order valence-electron chi connectivity index (χ2n) is 7.27. The van der Waals surface area contributed by atoms with Crippen molar-refractivity contribution in [3.63, 3.8) is 0 Å². The van der Waals surface area contributed by atoms with Crippen LogP contribution in [-0.4, -0.2) is 23.3 Å². The van der Waals surface area contributed by atoms with Crippen LogP contribution in [0, 0.1) is 0 Å². The summed E-state index contributed by atoms with van der Waals surface area (Å²) in [5, 5.41) is 7.64. The standard InChI is InChI=1S/C26H23N3O2S/c30-25(21-11-15-27-16-12-21)29-23-14-18-32-24(23)26(31)28-17-13-22(19-7-3-1-4-8-19)20-9-5-2-6-10-20/h1-12,14-16,18,22H,13,17H2,(H,28,31)(H,29,30). The third-order valence-electron chi connectivity index (χ3n) is 5.18. The molecule has 0 atom stereocenters. The van der Waals surface area contributed by atoms with Crippen LogP contribution in [0.5, 0.6) is 0 Å². The minimum Gasteiger partial charge on any atom is -0.351 e. The lowest BCUT2D eigenvalue weighted by atomic mass is 9.88. The van der Waals surface area contributed by atoms with E-state index >= 15 is 0 Å². The summed E-state index contributed by atoms with van der Waals surface area (Å²) in [6, 6.07) is 25.6. The number of aromatic nitrogens is 1. The Morgan fingerprint density at radius 2 is 1.44 bits per heavy atom. The first-order valence-electron chi connectivity index (χ1n) is 10.4. The van der Waals surface area contributed by atoms with Crippen LogP contribution >= 0.6 is 11.3 Å². The van der Waals surface area contributed by atoms with Gasteiger partial charge in [0.2, 0.25) is 0 Å². The number of thiophene rings is 1. The van der Waals surface area contributed by atoms with Crippen molar-refractivity contribution in [2.75, 3.05) is 11.9 Å². The minimum atomic E-state index is -0.270. The van der Waals surface area contributed by atoms with Gasteiger partial charge in [-0.1, -0.05) is 60.7 Å². The van der Waals surface area contributed by atoms with E-state index in [-0.39, 0.29) is 17.7 Å². The van der Waals surface area contributed by atoms with Crippen molar-refractivity contribution in [3.05, 3.63) is 118 Å². The number of nitrogens with one attached hydrogen (secondary N) is 2. The Balaban J connectivity index is 1.40. The van der Waals surface area contributed by atoms with Crippen LogP contribution in [0.1, 0.15) is 43.5 Å². The third kappa shape index (κ3) is 5.28. The lowest BCUT2D eigenvalue weighted by Gasteiger charge is -2.18. The summed E-state index contributed by atoms with van der Waals surface area (Å²) in [6.45, 7) is 0.517. The Morgan fingerprint density at radius 3 is 2.06 bits per heavy atom. The molecule has 0 saturated carbocycles. The topological polar surface area (TPSA) is 71.1 Å². The van der Waals surface area contributed by atoms with Crippen molar-refractivity contribution in [1.29, 1.82) is 0 Å². The second kappa shape index (κ2) is 10.5. The average Bonchev–Trinajstić information content (AvgIpc) is 3.31. The van der Waals surface area contributed by atoms with Gasteiger partial charge in [0.15, 0.2) is 0 Å². The van der Waals surface area contributed by atoms with Crippen molar-refractivity contribution in [2.24, 2.45) is 0 Å². The molecule has 2 N–H and O–H groups in total. The zero-order valence-electron chi connectivity index (χ0n) is 17.4. The molecule has 0 saturated heterocycles. The Labute approximate surface area is 191 Å². The quantitative estimate of drug-likeness (QED) is 0.387. The number of carbonyl (C=O) groups excluding carboxylic acids is 2. The Kier molecular flexibility index (Phi) is 7.05. The normalized spacial score (nSPS) is 10.7. The predicted octanol–water partition coefficient (Wildman–Crippen LogP) is 5.35. The fourth-order valence-corrected chi connectivity index (χ4v) is 4.35. The largest absolute Gasteiger partial charge is 0.351 e. The Bertz CT molecular complexity index is 1120. The van der Waals surface area contributed by atoms with Crippen LogP contribution in [0.15, 0.2) is 96.6 Å². The predicted molar refractivity (Wildman–Crippen MR) is 128 cm³/mol. The maximum Gasteiger partial charge on any atom is 0.263 e. The highest BCUT2D eigenvalue weighted by atomic mass is 32.1. The molecule has 0 aliphatic carbocycles. The van der Waals surface area contributed by atoms with Gasteiger partial charge < -0.3 is 10.6 Å². The summed E-state index contributed by atoms with van der Waals surface area (Å²) in [5.74, 6) is -0.273. The molecule has 0 spiro atoms. The van der Waals surface area contributed by atoms with Crippen molar-refractivity contribution >= 4 is 28.8 Å². The molecule has 0 fully saturated rings. The van der Waals surface area contributed by atoms with E-state index in [2.05, 4.69) is 39.9 Å². The molecule has 2 aromatic carbocycles. The van der Waals surface area contributed by atoms with E-state index < -0.39 is 0 Å². The molecule has 4 rings (SSSR count).